The van der Waals surface area contributed by atoms with Crippen molar-refractivity contribution in [3.63, 3.8) is 0 Å². The van der Waals surface area contributed by atoms with Gasteiger partial charge in [0.15, 0.2) is 4.90 Å². The molecule has 0 radical (unpaired) electrons. The Labute approximate surface area is 120 Å². The Balaban J connectivity index is 2.19. The van der Waals surface area contributed by atoms with Crippen molar-refractivity contribution in [3.05, 3.63) is 70.6 Å². The molecule has 1 N–H and O–H groups in total. The van der Waals surface area contributed by atoms with Crippen molar-refractivity contribution in [2.24, 2.45) is 0 Å². The molecule has 1 heterocycles. The Bertz CT molecular complexity index is 695. The molecule has 1 aliphatic rings. The number of allylic oxidation sites excluding steroid dienone is 1. The number of rotatable bonds is 2. The molecule has 0 saturated heterocycles. The highest BCUT2D eigenvalue weighted by Crippen LogP contribution is 2.37. The smallest absolute Gasteiger partial charge is 0.248 e. The molecule has 0 saturated carbocycles. The molecule has 1 atom stereocenters. The molecule has 3 nitrogen and oxygen atoms in total. The van der Waals surface area contributed by atoms with Crippen LogP contribution in [0.4, 0.5) is 0 Å². The molecule has 0 aromatic heterocycles. The molecule has 100 valence electrons. The van der Waals surface area contributed by atoms with E-state index < -0.39 is 11.2 Å². The van der Waals surface area contributed by atoms with Crippen molar-refractivity contribution < 1.29 is 9.35 Å². The number of Topliss-reactive ketones (excluding diaryl/α,β-unsaturated/α-hetero) is 1. The molecular weight excluding hydrogens is 270 g/mol. The molecule has 0 fully saturated rings. The third-order valence-corrected chi connectivity index (χ3v) is 4.78. The number of carbonyl (C=O) groups is 1. The number of carbonyl (C=O) groups excluding carboxylic acids is 1. The van der Waals surface area contributed by atoms with Gasteiger partial charge in [-0.2, -0.15) is 0 Å². The summed E-state index contributed by atoms with van der Waals surface area (Å²) >= 11 is -1.43. The van der Waals surface area contributed by atoms with Crippen molar-refractivity contribution in [2.75, 3.05) is 7.05 Å². The van der Waals surface area contributed by atoms with E-state index in [4.69, 9.17) is 0 Å². The second-order valence-electron chi connectivity index (χ2n) is 4.41. The minimum absolute atomic E-state index is 0.160. The normalized spacial score (nSPS) is 19.7. The Morgan fingerprint density at radius 2 is 1.70 bits per heavy atom. The lowest BCUT2D eigenvalue weighted by Gasteiger charge is -2.11. The molecule has 3 rings (SSSR count). The Morgan fingerprint density at radius 3 is 2.35 bits per heavy atom. The van der Waals surface area contributed by atoms with E-state index in [-0.39, 0.29) is 5.78 Å². The summed E-state index contributed by atoms with van der Waals surface area (Å²) < 4.78 is 12.6. The Kier molecular flexibility index (Phi) is 3.34. The molecular formula is C16H13NO2S. The number of ketones is 1. The molecule has 0 aliphatic carbocycles. The second-order valence-corrected chi connectivity index (χ2v) is 5.80. The Hall–Kier alpha value is -2.04. The van der Waals surface area contributed by atoms with Gasteiger partial charge in [0.1, 0.15) is 5.70 Å². The van der Waals surface area contributed by atoms with E-state index in [1.807, 2.05) is 30.3 Å². The number of hydrogen-bond donors (Lipinski definition) is 1. The van der Waals surface area contributed by atoms with Crippen LogP contribution in [0.15, 0.2) is 64.4 Å². The first-order valence-electron chi connectivity index (χ1n) is 6.27. The number of benzene rings is 2. The maximum atomic E-state index is 12.6. The molecule has 2 aromatic carbocycles. The standard InChI is InChI=1S/C16H13NO2S/c1-17-14(11-7-3-2-4-8-11)16-15(18)12-9-5-6-10-13(12)20(16)19/h2-10,17H,1H3. The summed E-state index contributed by atoms with van der Waals surface area (Å²) in [7, 11) is 1.74. The molecule has 0 spiro atoms. The van der Waals surface area contributed by atoms with Gasteiger partial charge in [0.25, 0.3) is 0 Å². The summed E-state index contributed by atoms with van der Waals surface area (Å²) in [5.74, 6) is -0.160. The van der Waals surface area contributed by atoms with Crippen LogP contribution in [0.5, 0.6) is 0 Å². The number of hydrogen-bond acceptors (Lipinski definition) is 3. The zero-order valence-corrected chi connectivity index (χ0v) is 11.7. The predicted molar refractivity (Wildman–Crippen MR) is 79.6 cm³/mol. The van der Waals surface area contributed by atoms with Gasteiger partial charge in [0.2, 0.25) is 10.7 Å². The molecule has 2 aromatic rings. The maximum Gasteiger partial charge on any atom is 0.248 e. The van der Waals surface area contributed by atoms with E-state index in [1.165, 1.54) is 0 Å². The largest absolute Gasteiger partial charge is 0.606 e. The quantitative estimate of drug-likeness (QED) is 0.681. The number of nitrogens with one attached hydrogen (secondary N) is 1. The van der Waals surface area contributed by atoms with E-state index >= 15 is 0 Å². The van der Waals surface area contributed by atoms with Gasteiger partial charge in [-0.05, 0) is 12.1 Å². The van der Waals surface area contributed by atoms with Gasteiger partial charge in [0.05, 0.1) is 5.56 Å². The van der Waals surface area contributed by atoms with Crippen LogP contribution < -0.4 is 5.32 Å². The topological polar surface area (TPSA) is 52.2 Å². The number of fused-ring (bicyclic) bond motifs is 1. The van der Waals surface area contributed by atoms with Crippen molar-refractivity contribution in [3.8, 4) is 0 Å². The predicted octanol–water partition coefficient (Wildman–Crippen LogP) is 2.58. The van der Waals surface area contributed by atoms with Crippen LogP contribution in [-0.4, -0.2) is 17.4 Å². The van der Waals surface area contributed by atoms with Crippen LogP contribution in [-0.2, 0) is 11.2 Å². The monoisotopic (exact) mass is 283 g/mol. The fourth-order valence-corrected chi connectivity index (χ4v) is 3.80. The highest BCUT2D eigenvalue weighted by Gasteiger charge is 2.41. The van der Waals surface area contributed by atoms with Gasteiger partial charge < -0.3 is 9.87 Å². The fraction of sp³-hybridized carbons (Fsp3) is 0.0625. The van der Waals surface area contributed by atoms with Crippen LogP contribution >= 0.6 is 0 Å². The van der Waals surface area contributed by atoms with Crippen molar-refractivity contribution >= 4 is 22.7 Å². The second kappa shape index (κ2) is 5.15. The van der Waals surface area contributed by atoms with Crippen LogP contribution in [0.1, 0.15) is 15.9 Å². The third kappa shape index (κ3) is 1.94. The van der Waals surface area contributed by atoms with Crippen molar-refractivity contribution in [1.29, 1.82) is 0 Å². The first-order valence-corrected chi connectivity index (χ1v) is 7.42. The van der Waals surface area contributed by atoms with Crippen LogP contribution in [0.25, 0.3) is 5.70 Å². The first kappa shape index (κ1) is 13.0. The maximum absolute atomic E-state index is 12.6. The van der Waals surface area contributed by atoms with Gasteiger partial charge in [-0.25, -0.2) is 0 Å². The van der Waals surface area contributed by atoms with Crippen LogP contribution in [0.2, 0.25) is 0 Å². The minimum Gasteiger partial charge on any atom is -0.606 e. The first-order chi connectivity index (χ1) is 9.74. The summed E-state index contributed by atoms with van der Waals surface area (Å²) in [5, 5.41) is 3.02. The van der Waals surface area contributed by atoms with E-state index in [0.29, 0.717) is 21.1 Å². The fourth-order valence-electron chi connectivity index (χ4n) is 2.33. The lowest BCUT2D eigenvalue weighted by Crippen LogP contribution is -2.15. The molecule has 1 aliphatic heterocycles. The van der Waals surface area contributed by atoms with E-state index in [1.54, 1.807) is 31.3 Å². The van der Waals surface area contributed by atoms with E-state index in [9.17, 15) is 9.35 Å². The third-order valence-electron chi connectivity index (χ3n) is 3.26. The zero-order valence-electron chi connectivity index (χ0n) is 10.9. The minimum atomic E-state index is -1.43. The van der Waals surface area contributed by atoms with Crippen molar-refractivity contribution in [2.45, 2.75) is 4.90 Å². The summed E-state index contributed by atoms with van der Waals surface area (Å²) in [4.78, 5) is 13.4. The lowest BCUT2D eigenvalue weighted by atomic mass is 10.1. The summed E-state index contributed by atoms with van der Waals surface area (Å²) in [6, 6.07) is 16.5. The molecule has 0 bridgehead atoms. The van der Waals surface area contributed by atoms with Gasteiger partial charge in [-0.1, -0.05) is 42.5 Å². The van der Waals surface area contributed by atoms with E-state index in [0.717, 1.165) is 5.56 Å². The van der Waals surface area contributed by atoms with Gasteiger partial charge in [-0.15, -0.1) is 0 Å². The van der Waals surface area contributed by atoms with Gasteiger partial charge in [0, 0.05) is 23.8 Å². The van der Waals surface area contributed by atoms with Gasteiger partial charge in [-0.3, -0.25) is 4.79 Å². The molecule has 4 heteroatoms. The SMILES string of the molecule is CNC(=C1C(=O)c2ccccc2[S+]1[O-])c1ccccc1. The lowest BCUT2D eigenvalue weighted by molar-refractivity contribution is 0.104. The van der Waals surface area contributed by atoms with E-state index in [2.05, 4.69) is 5.32 Å². The van der Waals surface area contributed by atoms with Crippen LogP contribution in [0, 0.1) is 0 Å². The van der Waals surface area contributed by atoms with Gasteiger partial charge >= 0.3 is 0 Å². The average Bonchev–Trinajstić information content (AvgIpc) is 2.75. The molecule has 1 unspecified atom stereocenters. The molecule has 0 amide bonds. The molecule has 20 heavy (non-hydrogen) atoms. The summed E-state index contributed by atoms with van der Waals surface area (Å²) in [5.41, 5.74) is 2.02. The highest BCUT2D eigenvalue weighted by molar-refractivity contribution is 7.97. The van der Waals surface area contributed by atoms with Crippen LogP contribution in [0.3, 0.4) is 0 Å². The highest BCUT2D eigenvalue weighted by atomic mass is 32.2. The average molecular weight is 283 g/mol. The zero-order chi connectivity index (χ0) is 14.1. The Morgan fingerprint density at radius 1 is 1.05 bits per heavy atom. The summed E-state index contributed by atoms with van der Waals surface area (Å²) in [6.45, 7) is 0. The van der Waals surface area contributed by atoms with Crippen molar-refractivity contribution in [1.82, 2.24) is 5.32 Å². The summed E-state index contributed by atoms with van der Waals surface area (Å²) in [6.07, 6.45) is 0.